The van der Waals surface area contributed by atoms with Crippen LogP contribution in [0.5, 0.6) is 5.75 Å². The predicted octanol–water partition coefficient (Wildman–Crippen LogP) is 1.17. The first-order valence-corrected chi connectivity index (χ1v) is 9.50. The number of ether oxygens (including phenoxy) is 1. The van der Waals surface area contributed by atoms with Gasteiger partial charge >= 0.3 is 0 Å². The van der Waals surface area contributed by atoms with Gasteiger partial charge in [-0.3, -0.25) is 4.79 Å². The van der Waals surface area contributed by atoms with Crippen molar-refractivity contribution in [3.05, 3.63) is 29.8 Å². The molecular formula is C16H24N2O4S. The first-order valence-electron chi connectivity index (χ1n) is 7.89. The maximum Gasteiger partial charge on any atom is 0.221 e. The van der Waals surface area contributed by atoms with E-state index in [1.807, 2.05) is 24.3 Å². The molecule has 1 aliphatic rings. The van der Waals surface area contributed by atoms with Crippen molar-refractivity contribution in [2.24, 2.45) is 0 Å². The maximum absolute atomic E-state index is 12.0. The van der Waals surface area contributed by atoms with Gasteiger partial charge in [-0.2, -0.15) is 0 Å². The molecule has 1 saturated heterocycles. The van der Waals surface area contributed by atoms with Crippen LogP contribution >= 0.6 is 0 Å². The van der Waals surface area contributed by atoms with E-state index in [0.717, 1.165) is 24.2 Å². The van der Waals surface area contributed by atoms with Gasteiger partial charge in [0.1, 0.15) is 5.75 Å². The SMILES string of the molecule is COc1ccccc1CCNC(=O)CCS(=O)(=O)N1CCCC1. The van der Waals surface area contributed by atoms with E-state index in [9.17, 15) is 13.2 Å². The minimum atomic E-state index is -3.29. The first-order chi connectivity index (χ1) is 11.0. The first kappa shape index (κ1) is 17.7. The highest BCUT2D eigenvalue weighted by Gasteiger charge is 2.25. The summed E-state index contributed by atoms with van der Waals surface area (Å²) in [5, 5.41) is 2.77. The van der Waals surface area contributed by atoms with E-state index in [4.69, 9.17) is 4.74 Å². The van der Waals surface area contributed by atoms with Crippen LogP contribution in [0.25, 0.3) is 0 Å². The molecular weight excluding hydrogens is 316 g/mol. The molecule has 0 saturated carbocycles. The number of nitrogens with zero attached hydrogens (tertiary/aromatic N) is 1. The third-order valence-electron chi connectivity index (χ3n) is 3.95. The predicted molar refractivity (Wildman–Crippen MR) is 88.9 cm³/mol. The number of carbonyl (C=O) groups is 1. The lowest BCUT2D eigenvalue weighted by molar-refractivity contribution is -0.120. The molecule has 0 unspecified atom stereocenters. The lowest BCUT2D eigenvalue weighted by Gasteiger charge is -2.15. The highest BCUT2D eigenvalue weighted by atomic mass is 32.2. The van der Waals surface area contributed by atoms with Gasteiger partial charge in [0.05, 0.1) is 12.9 Å². The van der Waals surface area contributed by atoms with Crippen molar-refractivity contribution in [2.75, 3.05) is 32.5 Å². The van der Waals surface area contributed by atoms with Crippen LogP contribution in [0.3, 0.4) is 0 Å². The monoisotopic (exact) mass is 340 g/mol. The Labute approximate surface area is 137 Å². The number of carbonyl (C=O) groups excluding carboxylic acids is 1. The van der Waals surface area contributed by atoms with Crippen LogP contribution in [-0.4, -0.2) is 51.1 Å². The van der Waals surface area contributed by atoms with Gasteiger partial charge in [-0.05, 0) is 30.9 Å². The van der Waals surface area contributed by atoms with Crippen LogP contribution in [0.2, 0.25) is 0 Å². The highest BCUT2D eigenvalue weighted by Crippen LogP contribution is 2.17. The lowest BCUT2D eigenvalue weighted by atomic mass is 10.1. The zero-order valence-electron chi connectivity index (χ0n) is 13.5. The maximum atomic E-state index is 12.0. The number of nitrogens with one attached hydrogen (secondary N) is 1. The lowest BCUT2D eigenvalue weighted by Crippen LogP contribution is -2.33. The zero-order chi connectivity index (χ0) is 16.7. The number of sulfonamides is 1. The largest absolute Gasteiger partial charge is 0.496 e. The molecule has 1 fully saturated rings. The molecule has 1 N–H and O–H groups in total. The summed E-state index contributed by atoms with van der Waals surface area (Å²) in [6, 6.07) is 7.63. The Kier molecular flexibility index (Phi) is 6.41. The minimum Gasteiger partial charge on any atom is -0.496 e. The topological polar surface area (TPSA) is 75.7 Å². The fourth-order valence-electron chi connectivity index (χ4n) is 2.65. The Bertz CT molecular complexity index is 625. The fourth-order valence-corrected chi connectivity index (χ4v) is 4.17. The normalized spacial score (nSPS) is 15.5. The second-order valence-electron chi connectivity index (χ2n) is 5.58. The molecule has 1 aromatic carbocycles. The van der Waals surface area contributed by atoms with E-state index in [-0.39, 0.29) is 18.1 Å². The van der Waals surface area contributed by atoms with Gasteiger partial charge in [-0.25, -0.2) is 12.7 Å². The zero-order valence-corrected chi connectivity index (χ0v) is 14.3. The number of rotatable bonds is 8. The molecule has 6 nitrogen and oxygen atoms in total. The summed E-state index contributed by atoms with van der Waals surface area (Å²) in [7, 11) is -1.68. The van der Waals surface area contributed by atoms with Crippen LogP contribution in [0, 0.1) is 0 Å². The molecule has 1 aliphatic heterocycles. The van der Waals surface area contributed by atoms with E-state index >= 15 is 0 Å². The van der Waals surface area contributed by atoms with Gasteiger partial charge in [0.15, 0.2) is 0 Å². The Hall–Kier alpha value is -1.60. The fraction of sp³-hybridized carbons (Fsp3) is 0.562. The third-order valence-corrected chi connectivity index (χ3v) is 5.83. The highest BCUT2D eigenvalue weighted by molar-refractivity contribution is 7.89. The van der Waals surface area contributed by atoms with Gasteiger partial charge < -0.3 is 10.1 Å². The number of benzene rings is 1. The standard InChI is InChI=1S/C16H24N2O4S/c1-22-15-7-3-2-6-14(15)8-10-17-16(19)9-13-23(20,21)18-11-4-5-12-18/h2-3,6-7H,4-5,8-13H2,1H3,(H,17,19). The molecule has 1 aromatic rings. The van der Waals surface area contributed by atoms with Crippen LogP contribution in [0.15, 0.2) is 24.3 Å². The van der Waals surface area contributed by atoms with Gasteiger partial charge in [0, 0.05) is 26.1 Å². The van der Waals surface area contributed by atoms with Gasteiger partial charge in [-0.1, -0.05) is 18.2 Å². The third kappa shape index (κ3) is 5.21. The Morgan fingerprint density at radius 2 is 1.96 bits per heavy atom. The summed E-state index contributed by atoms with van der Waals surface area (Å²) in [5.74, 6) is 0.439. The van der Waals surface area contributed by atoms with Gasteiger partial charge in [0.2, 0.25) is 15.9 Å². The number of hydrogen-bond donors (Lipinski definition) is 1. The molecule has 0 radical (unpaired) electrons. The average Bonchev–Trinajstić information content (AvgIpc) is 3.09. The van der Waals surface area contributed by atoms with Crippen molar-refractivity contribution in [1.82, 2.24) is 9.62 Å². The summed E-state index contributed by atoms with van der Waals surface area (Å²) in [6.07, 6.45) is 2.47. The summed E-state index contributed by atoms with van der Waals surface area (Å²) < 4.78 is 30.8. The van der Waals surface area contributed by atoms with E-state index < -0.39 is 10.0 Å². The molecule has 0 bridgehead atoms. The van der Waals surface area contributed by atoms with Crippen molar-refractivity contribution in [1.29, 1.82) is 0 Å². The second kappa shape index (κ2) is 8.31. The Morgan fingerprint density at radius 1 is 1.26 bits per heavy atom. The number of methoxy groups -OCH3 is 1. The number of para-hydroxylation sites is 1. The van der Waals surface area contributed by atoms with E-state index in [2.05, 4.69) is 5.32 Å². The van der Waals surface area contributed by atoms with E-state index in [1.54, 1.807) is 7.11 Å². The van der Waals surface area contributed by atoms with Crippen LogP contribution in [-0.2, 0) is 21.2 Å². The number of amides is 1. The van der Waals surface area contributed by atoms with Crippen molar-refractivity contribution >= 4 is 15.9 Å². The van der Waals surface area contributed by atoms with Crippen LogP contribution < -0.4 is 10.1 Å². The van der Waals surface area contributed by atoms with Crippen molar-refractivity contribution in [3.8, 4) is 5.75 Å². The summed E-state index contributed by atoms with van der Waals surface area (Å²) in [5.41, 5.74) is 1.01. The van der Waals surface area contributed by atoms with Gasteiger partial charge in [-0.15, -0.1) is 0 Å². The molecule has 1 amide bonds. The summed E-state index contributed by atoms with van der Waals surface area (Å²) in [4.78, 5) is 11.8. The van der Waals surface area contributed by atoms with Crippen LogP contribution in [0.1, 0.15) is 24.8 Å². The molecule has 23 heavy (non-hydrogen) atoms. The van der Waals surface area contributed by atoms with Crippen molar-refractivity contribution in [2.45, 2.75) is 25.7 Å². The van der Waals surface area contributed by atoms with E-state index in [0.29, 0.717) is 26.1 Å². The molecule has 0 aromatic heterocycles. The van der Waals surface area contributed by atoms with E-state index in [1.165, 1.54) is 4.31 Å². The van der Waals surface area contributed by atoms with Crippen molar-refractivity contribution < 1.29 is 17.9 Å². The molecule has 2 rings (SSSR count). The molecule has 0 spiro atoms. The quantitative estimate of drug-likeness (QED) is 0.771. The Balaban J connectivity index is 1.73. The smallest absolute Gasteiger partial charge is 0.221 e. The molecule has 1 heterocycles. The molecule has 128 valence electrons. The minimum absolute atomic E-state index is 0.00472. The van der Waals surface area contributed by atoms with Gasteiger partial charge in [0.25, 0.3) is 0 Å². The molecule has 7 heteroatoms. The van der Waals surface area contributed by atoms with Crippen LogP contribution in [0.4, 0.5) is 0 Å². The summed E-state index contributed by atoms with van der Waals surface area (Å²) >= 11 is 0. The Morgan fingerprint density at radius 3 is 2.65 bits per heavy atom. The second-order valence-corrected chi connectivity index (χ2v) is 7.67. The molecule has 0 aliphatic carbocycles. The number of hydrogen-bond acceptors (Lipinski definition) is 4. The summed E-state index contributed by atoms with van der Waals surface area (Å²) in [6.45, 7) is 1.62. The van der Waals surface area contributed by atoms with Crippen molar-refractivity contribution in [3.63, 3.8) is 0 Å². The average molecular weight is 340 g/mol. The molecule has 0 atom stereocenters.